The lowest BCUT2D eigenvalue weighted by molar-refractivity contribution is 0.0873. The number of nitrogens with one attached hydrogen (secondary N) is 1. The molecule has 0 amide bonds. The highest BCUT2D eigenvalue weighted by Gasteiger charge is 2.16. The molecule has 4 nitrogen and oxygen atoms in total. The molecule has 1 N–H and O–H groups in total. The average molecular weight is 231 g/mol. The zero-order valence-electron chi connectivity index (χ0n) is 10.0. The molecule has 1 unspecified atom stereocenters. The van der Waals surface area contributed by atoms with Crippen LogP contribution in [0.1, 0.15) is 12.8 Å². The van der Waals surface area contributed by atoms with Crippen molar-refractivity contribution in [1.29, 1.82) is 0 Å². The Hall–Kier alpha value is -1.55. The normalized spacial score (nSPS) is 20.6. The Labute approximate surface area is 101 Å². The number of anilines is 1. The van der Waals surface area contributed by atoms with E-state index in [0.717, 1.165) is 43.0 Å². The highest BCUT2D eigenvalue weighted by atomic mass is 16.5. The molecular weight excluding hydrogens is 214 g/mol. The lowest BCUT2D eigenvalue weighted by Crippen LogP contribution is -2.31. The molecule has 4 heteroatoms. The minimum absolute atomic E-state index is 0.388. The number of fused-ring (bicyclic) bond motifs is 1. The van der Waals surface area contributed by atoms with Crippen LogP contribution in [0.25, 0.3) is 11.0 Å². The van der Waals surface area contributed by atoms with Crippen LogP contribution >= 0.6 is 0 Å². The number of aromatic nitrogens is 2. The quantitative estimate of drug-likeness (QED) is 0.861. The van der Waals surface area contributed by atoms with E-state index in [-0.39, 0.29) is 0 Å². The Morgan fingerprint density at radius 1 is 1.41 bits per heavy atom. The van der Waals surface area contributed by atoms with E-state index >= 15 is 0 Å². The van der Waals surface area contributed by atoms with Gasteiger partial charge in [-0.2, -0.15) is 0 Å². The number of imidazole rings is 1. The van der Waals surface area contributed by atoms with E-state index < -0.39 is 0 Å². The summed E-state index contributed by atoms with van der Waals surface area (Å²) in [6.45, 7) is 1.67. The molecule has 0 radical (unpaired) electrons. The molecule has 1 aliphatic heterocycles. The fraction of sp³-hybridized carbons (Fsp3) is 0.462. The minimum atomic E-state index is 0.388. The molecule has 1 fully saturated rings. The molecule has 0 aliphatic carbocycles. The van der Waals surface area contributed by atoms with Crippen LogP contribution in [0.15, 0.2) is 24.3 Å². The molecule has 1 aromatic heterocycles. The summed E-state index contributed by atoms with van der Waals surface area (Å²) in [5.74, 6) is 0.932. The van der Waals surface area contributed by atoms with Crippen molar-refractivity contribution >= 4 is 17.0 Å². The maximum atomic E-state index is 5.47. The molecule has 1 saturated heterocycles. The standard InChI is InChI=1S/C13H17N3O/c1-16-12-7-3-2-6-11(12)15-13(16)14-10-5-4-8-17-9-10/h2-3,6-7,10H,4-5,8-9H2,1H3,(H,14,15). The summed E-state index contributed by atoms with van der Waals surface area (Å²) in [6, 6.07) is 8.57. The van der Waals surface area contributed by atoms with Crippen LogP contribution in [0, 0.1) is 0 Å². The van der Waals surface area contributed by atoms with Crippen molar-refractivity contribution in [2.45, 2.75) is 18.9 Å². The number of ether oxygens (including phenoxy) is 1. The number of hydrogen-bond donors (Lipinski definition) is 1. The lowest BCUT2D eigenvalue weighted by Gasteiger charge is -2.23. The van der Waals surface area contributed by atoms with Gasteiger partial charge in [0.25, 0.3) is 0 Å². The second kappa shape index (κ2) is 4.37. The fourth-order valence-electron chi connectivity index (χ4n) is 2.31. The fourth-order valence-corrected chi connectivity index (χ4v) is 2.31. The number of aryl methyl sites for hydroxylation is 1. The Balaban J connectivity index is 1.87. The van der Waals surface area contributed by atoms with Crippen molar-refractivity contribution in [3.05, 3.63) is 24.3 Å². The van der Waals surface area contributed by atoms with E-state index in [1.165, 1.54) is 0 Å². The van der Waals surface area contributed by atoms with E-state index in [4.69, 9.17) is 4.74 Å². The van der Waals surface area contributed by atoms with Gasteiger partial charge in [0.1, 0.15) is 0 Å². The van der Waals surface area contributed by atoms with E-state index in [2.05, 4.69) is 20.9 Å². The minimum Gasteiger partial charge on any atom is -0.379 e. The van der Waals surface area contributed by atoms with Gasteiger partial charge in [-0.3, -0.25) is 0 Å². The van der Waals surface area contributed by atoms with Gasteiger partial charge in [0.2, 0.25) is 5.95 Å². The predicted octanol–water partition coefficient (Wildman–Crippen LogP) is 2.16. The summed E-state index contributed by atoms with van der Waals surface area (Å²) >= 11 is 0. The zero-order chi connectivity index (χ0) is 11.7. The Kier molecular flexibility index (Phi) is 2.73. The molecule has 0 saturated carbocycles. The highest BCUT2D eigenvalue weighted by molar-refractivity contribution is 5.78. The van der Waals surface area contributed by atoms with Crippen molar-refractivity contribution in [1.82, 2.24) is 9.55 Å². The molecule has 0 bridgehead atoms. The largest absolute Gasteiger partial charge is 0.379 e. The van der Waals surface area contributed by atoms with E-state index in [1.807, 2.05) is 25.2 Å². The second-order valence-electron chi connectivity index (χ2n) is 4.54. The second-order valence-corrected chi connectivity index (χ2v) is 4.54. The number of hydrogen-bond acceptors (Lipinski definition) is 3. The van der Waals surface area contributed by atoms with Crippen molar-refractivity contribution in [2.24, 2.45) is 7.05 Å². The van der Waals surface area contributed by atoms with Crippen molar-refractivity contribution in [3.63, 3.8) is 0 Å². The van der Waals surface area contributed by atoms with Crippen molar-refractivity contribution in [2.75, 3.05) is 18.5 Å². The Morgan fingerprint density at radius 3 is 3.06 bits per heavy atom. The summed E-state index contributed by atoms with van der Waals surface area (Å²) in [5.41, 5.74) is 2.20. The van der Waals surface area contributed by atoms with Crippen LogP contribution in [0.2, 0.25) is 0 Å². The predicted molar refractivity (Wildman–Crippen MR) is 68.2 cm³/mol. The molecule has 90 valence electrons. The van der Waals surface area contributed by atoms with Gasteiger partial charge in [-0.25, -0.2) is 4.98 Å². The van der Waals surface area contributed by atoms with Crippen molar-refractivity contribution in [3.8, 4) is 0 Å². The molecular formula is C13H17N3O. The Bertz CT molecular complexity index is 514. The average Bonchev–Trinajstić information content (AvgIpc) is 2.68. The van der Waals surface area contributed by atoms with Crippen LogP contribution in [0.5, 0.6) is 0 Å². The first kappa shape index (κ1) is 10.6. The Morgan fingerprint density at radius 2 is 2.29 bits per heavy atom. The topological polar surface area (TPSA) is 39.1 Å². The number of nitrogens with zero attached hydrogens (tertiary/aromatic N) is 2. The third kappa shape index (κ3) is 2.00. The van der Waals surface area contributed by atoms with E-state index in [1.54, 1.807) is 0 Å². The molecule has 2 heterocycles. The van der Waals surface area contributed by atoms with Gasteiger partial charge in [-0.1, -0.05) is 12.1 Å². The van der Waals surface area contributed by atoms with Gasteiger partial charge in [-0.05, 0) is 25.0 Å². The van der Waals surface area contributed by atoms with E-state index in [0.29, 0.717) is 6.04 Å². The number of para-hydroxylation sites is 2. The summed E-state index contributed by atoms with van der Waals surface area (Å²) in [6.07, 6.45) is 2.28. The first-order valence-corrected chi connectivity index (χ1v) is 6.10. The molecule has 17 heavy (non-hydrogen) atoms. The highest BCUT2D eigenvalue weighted by Crippen LogP contribution is 2.19. The number of benzene rings is 1. The third-order valence-electron chi connectivity index (χ3n) is 3.28. The van der Waals surface area contributed by atoms with Gasteiger partial charge in [0, 0.05) is 13.7 Å². The van der Waals surface area contributed by atoms with Crippen LogP contribution in [0.4, 0.5) is 5.95 Å². The molecule has 1 atom stereocenters. The SMILES string of the molecule is Cn1c(NC2CCCOC2)nc2ccccc21. The smallest absolute Gasteiger partial charge is 0.203 e. The van der Waals surface area contributed by atoms with Gasteiger partial charge in [0.05, 0.1) is 23.7 Å². The van der Waals surface area contributed by atoms with Gasteiger partial charge in [0.15, 0.2) is 0 Å². The lowest BCUT2D eigenvalue weighted by atomic mass is 10.1. The maximum absolute atomic E-state index is 5.47. The van der Waals surface area contributed by atoms with E-state index in [9.17, 15) is 0 Å². The molecule has 2 aromatic rings. The first-order valence-electron chi connectivity index (χ1n) is 6.10. The molecule has 1 aromatic carbocycles. The summed E-state index contributed by atoms with van der Waals surface area (Å²) < 4.78 is 7.57. The monoisotopic (exact) mass is 231 g/mol. The molecule has 0 spiro atoms. The summed E-state index contributed by atoms with van der Waals surface area (Å²) in [5, 5.41) is 3.47. The first-order chi connectivity index (χ1) is 8.34. The summed E-state index contributed by atoms with van der Waals surface area (Å²) in [4.78, 5) is 4.60. The van der Waals surface area contributed by atoms with Crippen LogP contribution in [-0.2, 0) is 11.8 Å². The molecule has 1 aliphatic rings. The number of rotatable bonds is 2. The van der Waals surface area contributed by atoms with Crippen LogP contribution < -0.4 is 5.32 Å². The van der Waals surface area contributed by atoms with Gasteiger partial charge < -0.3 is 14.6 Å². The van der Waals surface area contributed by atoms with Gasteiger partial charge in [-0.15, -0.1) is 0 Å². The molecule has 3 rings (SSSR count). The maximum Gasteiger partial charge on any atom is 0.203 e. The van der Waals surface area contributed by atoms with Crippen LogP contribution in [-0.4, -0.2) is 28.8 Å². The van der Waals surface area contributed by atoms with Crippen LogP contribution in [0.3, 0.4) is 0 Å². The third-order valence-corrected chi connectivity index (χ3v) is 3.28. The summed E-state index contributed by atoms with van der Waals surface area (Å²) in [7, 11) is 2.04. The van der Waals surface area contributed by atoms with Gasteiger partial charge >= 0.3 is 0 Å². The van der Waals surface area contributed by atoms with Crippen molar-refractivity contribution < 1.29 is 4.74 Å². The zero-order valence-corrected chi connectivity index (χ0v) is 10.0.